The monoisotopic (exact) mass is 288 g/mol. The second-order valence-electron chi connectivity index (χ2n) is 6.32. The van der Waals surface area contributed by atoms with Gasteiger partial charge in [0.1, 0.15) is 0 Å². The van der Waals surface area contributed by atoms with Gasteiger partial charge in [0.2, 0.25) is 0 Å². The molecule has 3 heteroatoms. The fourth-order valence-corrected chi connectivity index (χ4v) is 4.08. The van der Waals surface area contributed by atoms with Gasteiger partial charge in [-0.1, -0.05) is 32.1 Å². The van der Waals surface area contributed by atoms with Crippen molar-refractivity contribution in [3.8, 4) is 11.5 Å². The molecule has 114 valence electrons. The Morgan fingerprint density at radius 3 is 2.38 bits per heavy atom. The minimum absolute atomic E-state index is 0.271. The number of ether oxygens (including phenoxy) is 2. The molecule has 2 aliphatic carbocycles. The minimum atomic E-state index is 0.271. The first-order valence-corrected chi connectivity index (χ1v) is 8.01. The van der Waals surface area contributed by atoms with Gasteiger partial charge < -0.3 is 9.47 Å². The van der Waals surface area contributed by atoms with Crippen LogP contribution >= 0.6 is 0 Å². The lowest BCUT2D eigenvalue weighted by Gasteiger charge is -2.34. The molecule has 1 saturated carbocycles. The summed E-state index contributed by atoms with van der Waals surface area (Å²) in [5.74, 6) is 2.93. The largest absolute Gasteiger partial charge is 0.493 e. The Morgan fingerprint density at radius 2 is 1.71 bits per heavy atom. The number of methoxy groups -OCH3 is 2. The molecule has 0 aromatic heterocycles. The van der Waals surface area contributed by atoms with E-state index < -0.39 is 0 Å². The van der Waals surface area contributed by atoms with Gasteiger partial charge in [-0.2, -0.15) is 0 Å². The maximum atomic E-state index is 12.5. The Labute approximate surface area is 126 Å². The molecule has 1 aromatic rings. The van der Waals surface area contributed by atoms with Crippen molar-refractivity contribution >= 4 is 5.78 Å². The van der Waals surface area contributed by atoms with Crippen molar-refractivity contribution < 1.29 is 14.3 Å². The number of carbonyl (C=O) groups excluding carboxylic acids is 1. The van der Waals surface area contributed by atoms with E-state index in [1.807, 2.05) is 12.1 Å². The summed E-state index contributed by atoms with van der Waals surface area (Å²) in [6.45, 7) is 0. The van der Waals surface area contributed by atoms with Crippen LogP contribution < -0.4 is 9.47 Å². The number of hydrogen-bond acceptors (Lipinski definition) is 3. The number of fused-ring (bicyclic) bond motifs is 1. The van der Waals surface area contributed by atoms with Crippen LogP contribution in [0.2, 0.25) is 0 Å². The number of hydrogen-bond donors (Lipinski definition) is 0. The Bertz CT molecular complexity index is 530. The van der Waals surface area contributed by atoms with Crippen LogP contribution in [-0.4, -0.2) is 20.0 Å². The predicted octanol–water partition coefficient (Wildman–Crippen LogP) is 4.03. The van der Waals surface area contributed by atoms with E-state index in [0.717, 1.165) is 29.0 Å². The molecule has 0 heterocycles. The van der Waals surface area contributed by atoms with Gasteiger partial charge in [-0.25, -0.2) is 0 Å². The molecular formula is C18H24O3. The van der Waals surface area contributed by atoms with Crippen LogP contribution in [0.15, 0.2) is 12.1 Å². The normalized spacial score (nSPS) is 22.8. The zero-order chi connectivity index (χ0) is 14.8. The first-order valence-electron chi connectivity index (χ1n) is 8.01. The quantitative estimate of drug-likeness (QED) is 0.842. The van der Waals surface area contributed by atoms with Gasteiger partial charge >= 0.3 is 0 Å². The third-order valence-electron chi connectivity index (χ3n) is 5.18. The molecule has 0 saturated heterocycles. The highest BCUT2D eigenvalue weighted by Gasteiger charge is 2.33. The maximum Gasteiger partial charge on any atom is 0.164 e. The van der Waals surface area contributed by atoms with Crippen LogP contribution in [0, 0.1) is 11.8 Å². The summed E-state index contributed by atoms with van der Waals surface area (Å²) in [4.78, 5) is 12.5. The summed E-state index contributed by atoms with van der Waals surface area (Å²) in [5, 5.41) is 0. The van der Waals surface area contributed by atoms with Gasteiger partial charge in [0, 0.05) is 17.5 Å². The Balaban J connectivity index is 1.93. The molecule has 0 spiro atoms. The topological polar surface area (TPSA) is 35.5 Å². The van der Waals surface area contributed by atoms with Crippen molar-refractivity contribution in [2.24, 2.45) is 11.8 Å². The second kappa shape index (κ2) is 6.08. The average Bonchev–Trinajstić information content (AvgIpc) is 2.54. The lowest BCUT2D eigenvalue weighted by Crippen LogP contribution is -2.28. The molecule has 3 rings (SSSR count). The molecule has 1 unspecified atom stereocenters. The maximum absolute atomic E-state index is 12.5. The summed E-state index contributed by atoms with van der Waals surface area (Å²) >= 11 is 0. The number of carbonyl (C=O) groups is 1. The molecule has 1 atom stereocenters. The molecular weight excluding hydrogens is 264 g/mol. The minimum Gasteiger partial charge on any atom is -0.493 e. The van der Waals surface area contributed by atoms with E-state index in [0.29, 0.717) is 18.3 Å². The molecule has 0 amide bonds. The van der Waals surface area contributed by atoms with Crippen molar-refractivity contribution in [3.05, 3.63) is 23.3 Å². The summed E-state index contributed by atoms with van der Waals surface area (Å²) in [7, 11) is 3.31. The van der Waals surface area contributed by atoms with Crippen LogP contribution in [0.5, 0.6) is 11.5 Å². The molecule has 3 nitrogen and oxygen atoms in total. The summed E-state index contributed by atoms with van der Waals surface area (Å²) in [6.07, 6.45) is 8.19. The fraction of sp³-hybridized carbons (Fsp3) is 0.611. The number of rotatable bonds is 3. The van der Waals surface area contributed by atoms with E-state index in [2.05, 4.69) is 0 Å². The molecule has 21 heavy (non-hydrogen) atoms. The first kappa shape index (κ1) is 14.4. The van der Waals surface area contributed by atoms with Crippen molar-refractivity contribution in [3.63, 3.8) is 0 Å². The predicted molar refractivity (Wildman–Crippen MR) is 82.3 cm³/mol. The van der Waals surface area contributed by atoms with E-state index >= 15 is 0 Å². The van der Waals surface area contributed by atoms with Crippen molar-refractivity contribution in [1.82, 2.24) is 0 Å². The summed E-state index contributed by atoms with van der Waals surface area (Å²) in [5.41, 5.74) is 1.89. The zero-order valence-corrected chi connectivity index (χ0v) is 13.0. The van der Waals surface area contributed by atoms with Gasteiger partial charge in [-0.3, -0.25) is 4.79 Å². The SMILES string of the molecule is COc1ccc2c(c1OC)CC(C1CCCCC1)CC2=O. The highest BCUT2D eigenvalue weighted by molar-refractivity contribution is 5.99. The van der Waals surface area contributed by atoms with Crippen LogP contribution in [0.4, 0.5) is 0 Å². The highest BCUT2D eigenvalue weighted by Crippen LogP contribution is 2.43. The Morgan fingerprint density at radius 1 is 0.952 bits per heavy atom. The molecule has 0 N–H and O–H groups in total. The highest BCUT2D eigenvalue weighted by atomic mass is 16.5. The van der Waals surface area contributed by atoms with E-state index in [1.54, 1.807) is 14.2 Å². The Hall–Kier alpha value is -1.51. The lowest BCUT2D eigenvalue weighted by atomic mass is 9.71. The molecule has 1 aromatic carbocycles. The smallest absolute Gasteiger partial charge is 0.164 e. The first-order chi connectivity index (χ1) is 10.2. The number of ketones is 1. The van der Waals surface area contributed by atoms with Gasteiger partial charge in [0.15, 0.2) is 17.3 Å². The van der Waals surface area contributed by atoms with Crippen LogP contribution in [-0.2, 0) is 6.42 Å². The second-order valence-corrected chi connectivity index (χ2v) is 6.32. The van der Waals surface area contributed by atoms with E-state index in [-0.39, 0.29) is 5.78 Å². The molecule has 0 aliphatic heterocycles. The molecule has 1 fully saturated rings. The van der Waals surface area contributed by atoms with E-state index in [1.165, 1.54) is 32.1 Å². The van der Waals surface area contributed by atoms with Gasteiger partial charge in [-0.15, -0.1) is 0 Å². The Kier molecular flexibility index (Phi) is 4.18. The fourth-order valence-electron chi connectivity index (χ4n) is 4.08. The molecule has 0 radical (unpaired) electrons. The average molecular weight is 288 g/mol. The third kappa shape index (κ3) is 2.66. The standard InChI is InChI=1S/C18H24O3/c1-20-17-9-8-14-15(18(17)21-2)10-13(11-16(14)19)12-6-4-3-5-7-12/h8-9,12-13H,3-7,10-11H2,1-2H3. The van der Waals surface area contributed by atoms with E-state index in [4.69, 9.17) is 9.47 Å². The number of benzene rings is 1. The van der Waals surface area contributed by atoms with Crippen LogP contribution in [0.25, 0.3) is 0 Å². The summed E-state index contributed by atoms with van der Waals surface area (Å²) < 4.78 is 10.9. The van der Waals surface area contributed by atoms with Crippen molar-refractivity contribution in [2.75, 3.05) is 14.2 Å². The molecule has 2 aliphatic rings. The molecule has 0 bridgehead atoms. The van der Waals surface area contributed by atoms with Crippen LogP contribution in [0.1, 0.15) is 54.4 Å². The third-order valence-corrected chi connectivity index (χ3v) is 5.18. The van der Waals surface area contributed by atoms with Crippen molar-refractivity contribution in [2.45, 2.75) is 44.9 Å². The lowest BCUT2D eigenvalue weighted by molar-refractivity contribution is 0.0910. The number of Topliss-reactive ketones (excluding diaryl/α,β-unsaturated/α-hetero) is 1. The van der Waals surface area contributed by atoms with Gasteiger partial charge in [0.25, 0.3) is 0 Å². The zero-order valence-electron chi connectivity index (χ0n) is 13.0. The van der Waals surface area contributed by atoms with Crippen molar-refractivity contribution in [1.29, 1.82) is 0 Å². The van der Waals surface area contributed by atoms with Gasteiger partial charge in [0.05, 0.1) is 14.2 Å². The van der Waals surface area contributed by atoms with E-state index in [9.17, 15) is 4.79 Å². The summed E-state index contributed by atoms with van der Waals surface area (Å²) in [6, 6.07) is 3.74. The van der Waals surface area contributed by atoms with Gasteiger partial charge in [-0.05, 0) is 30.4 Å². The van der Waals surface area contributed by atoms with Crippen LogP contribution in [0.3, 0.4) is 0 Å².